The van der Waals surface area contributed by atoms with Crippen molar-refractivity contribution in [2.24, 2.45) is 0 Å². The number of nitrogens with one attached hydrogen (secondary N) is 1. The fraction of sp³-hybridized carbons (Fsp3) is 0.500. The predicted octanol–water partition coefficient (Wildman–Crippen LogP) is 0.00992. The van der Waals surface area contributed by atoms with Crippen molar-refractivity contribution in [1.82, 2.24) is 9.55 Å². The van der Waals surface area contributed by atoms with Crippen LogP contribution in [0.25, 0.3) is 0 Å². The third-order valence-electron chi connectivity index (χ3n) is 1.88. The number of nitrogens with zero attached hydrogens (tertiary/aromatic N) is 1. The number of methoxy groups -OCH3 is 1. The van der Waals surface area contributed by atoms with Crippen molar-refractivity contribution in [1.29, 1.82) is 0 Å². The van der Waals surface area contributed by atoms with Crippen LogP contribution < -0.4 is 11.2 Å². The number of aryl methyl sites for hydroxylation is 1. The van der Waals surface area contributed by atoms with Gasteiger partial charge in [-0.05, 0) is 13.8 Å². The van der Waals surface area contributed by atoms with E-state index in [1.54, 1.807) is 13.8 Å². The van der Waals surface area contributed by atoms with Gasteiger partial charge in [0.1, 0.15) is 6.23 Å². The van der Waals surface area contributed by atoms with E-state index in [4.69, 9.17) is 4.74 Å². The third kappa shape index (κ3) is 1.86. The number of ether oxygens (including phenoxy) is 1. The number of aromatic nitrogens is 2. The SMILES string of the molecule is COC(C)n1cc(C)c(=O)[nH]c1=O. The van der Waals surface area contributed by atoms with Gasteiger partial charge in [0.05, 0.1) is 0 Å². The molecule has 0 radical (unpaired) electrons. The highest BCUT2D eigenvalue weighted by atomic mass is 16.5. The highest BCUT2D eigenvalue weighted by Gasteiger charge is 2.06. The van der Waals surface area contributed by atoms with Crippen molar-refractivity contribution >= 4 is 0 Å². The summed E-state index contributed by atoms with van der Waals surface area (Å²) in [5, 5.41) is 0. The van der Waals surface area contributed by atoms with Crippen LogP contribution in [0.4, 0.5) is 0 Å². The fourth-order valence-electron chi connectivity index (χ4n) is 0.970. The number of aromatic amines is 1. The monoisotopic (exact) mass is 184 g/mol. The molecule has 0 bridgehead atoms. The molecule has 1 heterocycles. The Kier molecular flexibility index (Phi) is 2.67. The summed E-state index contributed by atoms with van der Waals surface area (Å²) in [6, 6.07) is 0. The van der Waals surface area contributed by atoms with E-state index in [9.17, 15) is 9.59 Å². The maximum atomic E-state index is 11.2. The molecule has 1 N–H and O–H groups in total. The molecule has 72 valence electrons. The Morgan fingerprint density at radius 2 is 2.15 bits per heavy atom. The number of hydrogen-bond donors (Lipinski definition) is 1. The Morgan fingerprint density at radius 3 is 2.69 bits per heavy atom. The van der Waals surface area contributed by atoms with Crippen LogP contribution in [0.15, 0.2) is 15.8 Å². The van der Waals surface area contributed by atoms with Crippen LogP contribution in [0.3, 0.4) is 0 Å². The largest absolute Gasteiger partial charge is 0.361 e. The van der Waals surface area contributed by atoms with Crippen LogP contribution in [-0.2, 0) is 4.74 Å². The average Bonchev–Trinajstić information content (AvgIpc) is 2.10. The van der Waals surface area contributed by atoms with Crippen LogP contribution in [-0.4, -0.2) is 16.7 Å². The zero-order valence-corrected chi connectivity index (χ0v) is 7.83. The van der Waals surface area contributed by atoms with Crippen LogP contribution in [0.2, 0.25) is 0 Å². The van der Waals surface area contributed by atoms with Gasteiger partial charge in [-0.15, -0.1) is 0 Å². The highest BCUT2D eigenvalue weighted by molar-refractivity contribution is 5.00. The van der Waals surface area contributed by atoms with Gasteiger partial charge in [-0.2, -0.15) is 0 Å². The average molecular weight is 184 g/mol. The molecular formula is C8H12N2O3. The fourth-order valence-corrected chi connectivity index (χ4v) is 0.970. The lowest BCUT2D eigenvalue weighted by molar-refractivity contribution is 0.0561. The molecule has 1 unspecified atom stereocenters. The van der Waals surface area contributed by atoms with Crippen LogP contribution in [0, 0.1) is 6.92 Å². The normalized spacial score (nSPS) is 12.8. The first-order valence-corrected chi connectivity index (χ1v) is 3.91. The minimum absolute atomic E-state index is 0.357. The molecule has 13 heavy (non-hydrogen) atoms. The van der Waals surface area contributed by atoms with Gasteiger partial charge in [-0.1, -0.05) is 0 Å². The maximum Gasteiger partial charge on any atom is 0.330 e. The van der Waals surface area contributed by atoms with Crippen LogP contribution in [0.5, 0.6) is 0 Å². The quantitative estimate of drug-likeness (QED) is 0.704. The molecule has 0 aliphatic heterocycles. The van der Waals surface area contributed by atoms with Gasteiger partial charge in [0.25, 0.3) is 5.56 Å². The summed E-state index contributed by atoms with van der Waals surface area (Å²) in [4.78, 5) is 24.4. The molecule has 0 aliphatic carbocycles. The second-order valence-electron chi connectivity index (χ2n) is 2.81. The first kappa shape index (κ1) is 9.73. The predicted molar refractivity (Wildman–Crippen MR) is 47.8 cm³/mol. The van der Waals surface area contributed by atoms with Crippen LogP contribution >= 0.6 is 0 Å². The minimum atomic E-state index is -0.454. The Morgan fingerprint density at radius 1 is 1.54 bits per heavy atom. The van der Waals surface area contributed by atoms with Gasteiger partial charge in [0.15, 0.2) is 0 Å². The lowest BCUT2D eigenvalue weighted by atomic mass is 10.4. The van der Waals surface area contributed by atoms with Gasteiger partial charge in [0.2, 0.25) is 0 Å². The van der Waals surface area contributed by atoms with E-state index in [0.29, 0.717) is 5.56 Å². The Bertz CT molecular complexity index is 405. The van der Waals surface area contributed by atoms with Crippen molar-refractivity contribution in [3.05, 3.63) is 32.6 Å². The van der Waals surface area contributed by atoms with E-state index in [0.717, 1.165) is 0 Å². The molecule has 1 aromatic rings. The summed E-state index contributed by atoms with van der Waals surface area (Å²) < 4.78 is 6.28. The zero-order chi connectivity index (χ0) is 10.0. The first-order valence-electron chi connectivity index (χ1n) is 3.91. The van der Waals surface area contributed by atoms with Crippen molar-refractivity contribution in [2.75, 3.05) is 7.11 Å². The number of H-pyrrole nitrogens is 1. The summed E-state index contributed by atoms with van der Waals surface area (Å²) in [5.74, 6) is 0. The summed E-state index contributed by atoms with van der Waals surface area (Å²) in [6.45, 7) is 3.36. The Labute approximate surface area is 75.0 Å². The summed E-state index contributed by atoms with van der Waals surface area (Å²) in [7, 11) is 1.50. The Hall–Kier alpha value is -1.36. The van der Waals surface area contributed by atoms with Crippen molar-refractivity contribution in [2.45, 2.75) is 20.1 Å². The maximum absolute atomic E-state index is 11.2. The lowest BCUT2D eigenvalue weighted by Gasteiger charge is -2.12. The second-order valence-corrected chi connectivity index (χ2v) is 2.81. The van der Waals surface area contributed by atoms with E-state index in [2.05, 4.69) is 4.98 Å². The zero-order valence-electron chi connectivity index (χ0n) is 7.83. The molecule has 1 atom stereocenters. The topological polar surface area (TPSA) is 64.1 Å². The van der Waals surface area contributed by atoms with Gasteiger partial charge < -0.3 is 4.74 Å². The van der Waals surface area contributed by atoms with E-state index in [1.165, 1.54) is 17.9 Å². The summed E-state index contributed by atoms with van der Waals surface area (Å²) in [5.41, 5.74) is -0.321. The van der Waals surface area contributed by atoms with E-state index in [-0.39, 0.29) is 11.8 Å². The molecule has 5 heteroatoms. The highest BCUT2D eigenvalue weighted by Crippen LogP contribution is 2.00. The molecule has 0 fully saturated rings. The van der Waals surface area contributed by atoms with Crippen LogP contribution in [0.1, 0.15) is 18.7 Å². The smallest absolute Gasteiger partial charge is 0.330 e. The second kappa shape index (κ2) is 3.57. The lowest BCUT2D eigenvalue weighted by Crippen LogP contribution is -2.32. The molecule has 1 rings (SSSR count). The molecule has 0 amide bonds. The number of hydrogen-bond acceptors (Lipinski definition) is 3. The van der Waals surface area contributed by atoms with E-state index >= 15 is 0 Å². The van der Waals surface area contributed by atoms with Gasteiger partial charge in [-0.3, -0.25) is 14.3 Å². The van der Waals surface area contributed by atoms with Crippen molar-refractivity contribution in [3.8, 4) is 0 Å². The summed E-state index contributed by atoms with van der Waals surface area (Å²) in [6.07, 6.45) is 1.11. The molecule has 0 saturated heterocycles. The van der Waals surface area contributed by atoms with Gasteiger partial charge in [-0.25, -0.2) is 4.79 Å². The molecule has 1 aromatic heterocycles. The first-order chi connectivity index (χ1) is 6.06. The minimum Gasteiger partial charge on any atom is -0.361 e. The molecule has 0 spiro atoms. The standard InChI is InChI=1S/C8H12N2O3/c1-5-4-10(6(2)13-3)8(12)9-7(5)11/h4,6H,1-3H3,(H,9,11,12). The van der Waals surface area contributed by atoms with E-state index in [1.807, 2.05) is 0 Å². The molecule has 0 aliphatic rings. The van der Waals surface area contributed by atoms with Crippen molar-refractivity contribution in [3.63, 3.8) is 0 Å². The summed E-state index contributed by atoms with van der Waals surface area (Å²) >= 11 is 0. The molecular weight excluding hydrogens is 172 g/mol. The van der Waals surface area contributed by atoms with Gasteiger partial charge >= 0.3 is 5.69 Å². The molecule has 0 saturated carbocycles. The van der Waals surface area contributed by atoms with Crippen molar-refractivity contribution < 1.29 is 4.74 Å². The molecule has 5 nitrogen and oxygen atoms in total. The number of rotatable bonds is 2. The van der Waals surface area contributed by atoms with Gasteiger partial charge in [0, 0.05) is 18.9 Å². The van der Waals surface area contributed by atoms with E-state index < -0.39 is 5.69 Å². The molecule has 0 aromatic carbocycles. The third-order valence-corrected chi connectivity index (χ3v) is 1.88. The Balaban J connectivity index is 3.32.